The van der Waals surface area contributed by atoms with Gasteiger partial charge in [0.05, 0.1) is 0 Å². The number of hydrogen-bond acceptors (Lipinski definition) is 5. The van der Waals surface area contributed by atoms with Crippen molar-refractivity contribution in [2.45, 2.75) is 12.5 Å². The molecule has 0 amide bonds. The summed E-state index contributed by atoms with van der Waals surface area (Å²) >= 11 is 0. The fourth-order valence-corrected chi connectivity index (χ4v) is 3.64. The van der Waals surface area contributed by atoms with Crippen molar-refractivity contribution < 1.29 is 25.2 Å². The normalized spacial score (nSPS) is 12.9. The van der Waals surface area contributed by atoms with E-state index >= 15 is 0 Å². The van der Waals surface area contributed by atoms with Gasteiger partial charge in [-0.25, -0.2) is 0 Å². The Morgan fingerprint density at radius 2 is 1.32 bits per heavy atom. The number of phenols is 1. The van der Waals surface area contributed by atoms with Crippen molar-refractivity contribution in [3.8, 4) is 28.3 Å². The van der Waals surface area contributed by atoms with Gasteiger partial charge in [-0.15, -0.1) is 71.8 Å². The Hall–Kier alpha value is -4.51. The van der Waals surface area contributed by atoms with Crippen LogP contribution in [-0.2, 0) is 26.5 Å². The zero-order valence-electron chi connectivity index (χ0n) is 22.4. The van der Waals surface area contributed by atoms with E-state index in [9.17, 15) is 0 Å². The summed E-state index contributed by atoms with van der Waals surface area (Å²) in [5.41, 5.74) is 5.20. The second-order valence-electron chi connectivity index (χ2n) is 8.63. The molecule has 0 aliphatic carbocycles. The Morgan fingerprint density at radius 1 is 0.732 bits per heavy atom. The summed E-state index contributed by atoms with van der Waals surface area (Å²) in [6, 6.07) is 41.0. The van der Waals surface area contributed by atoms with Crippen LogP contribution in [0.2, 0.25) is 0 Å². The number of benzene rings is 3. The van der Waals surface area contributed by atoms with Crippen molar-refractivity contribution in [2.75, 3.05) is 6.54 Å². The average Bonchev–Trinajstić information content (AvgIpc) is 3.56. The number of hydrogen-bond donors (Lipinski definition) is 1. The maximum absolute atomic E-state index is 9.12. The molecule has 6 rings (SSSR count). The minimum atomic E-state index is 0. The number of phenolic OH excluding ortho intramolecular Hbond substituents is 1. The molecular weight excluding hydrogens is 685 g/mol. The molecule has 1 N–H and O–H groups in total. The van der Waals surface area contributed by atoms with E-state index in [0.717, 1.165) is 35.5 Å². The monoisotopic (exact) mass is 715 g/mol. The standard InChI is InChI=1S/C13H14N2O.2C11H8N.Ir/c16-13-5-3-11(4-6-13)7-9-14-10-12-2-1-8-15-12;2*1-2-6-10(7-3-1)11-8-4-5-9-12-11;/h1-6,8,10,12,16H,7,9H2;2*1-6,8-9H;/q;2*-1;. The quantitative estimate of drug-likeness (QED) is 0.151. The SMILES string of the molecule is Oc1ccc(CCN=CC2C=CC=N2)cc1.[Ir].[c-]1ccccc1-c1ccccn1.[c-]1ccccc1-c1ccccn1. The molecule has 1 aliphatic heterocycles. The van der Waals surface area contributed by atoms with Crippen LogP contribution in [0.5, 0.6) is 5.75 Å². The minimum absolute atomic E-state index is 0. The van der Waals surface area contributed by atoms with Crippen molar-refractivity contribution in [2.24, 2.45) is 9.98 Å². The first-order chi connectivity index (χ1) is 19.8. The maximum Gasteiger partial charge on any atom is 0.115 e. The summed E-state index contributed by atoms with van der Waals surface area (Å²) in [6.07, 6.45) is 12.0. The van der Waals surface area contributed by atoms with Gasteiger partial charge in [0.1, 0.15) is 11.8 Å². The Bertz CT molecular complexity index is 1310. The first-order valence-corrected chi connectivity index (χ1v) is 13.0. The summed E-state index contributed by atoms with van der Waals surface area (Å²) in [5.74, 6) is 0.303. The molecule has 0 saturated carbocycles. The van der Waals surface area contributed by atoms with Gasteiger partial charge in [-0.3, -0.25) is 9.98 Å². The summed E-state index contributed by atoms with van der Waals surface area (Å²) in [6.45, 7) is 0.755. The third kappa shape index (κ3) is 11.2. The van der Waals surface area contributed by atoms with Gasteiger partial charge in [0, 0.05) is 51.5 Å². The Morgan fingerprint density at radius 3 is 1.78 bits per heavy atom. The molecule has 207 valence electrons. The first-order valence-electron chi connectivity index (χ1n) is 13.0. The van der Waals surface area contributed by atoms with Gasteiger partial charge in [0.25, 0.3) is 0 Å². The van der Waals surface area contributed by atoms with Gasteiger partial charge >= 0.3 is 0 Å². The molecule has 5 aromatic rings. The third-order valence-electron chi connectivity index (χ3n) is 5.68. The molecule has 1 aliphatic rings. The zero-order valence-corrected chi connectivity index (χ0v) is 24.8. The fraction of sp³-hybridized carbons (Fsp3) is 0.0857. The Kier molecular flexibility index (Phi) is 13.6. The molecule has 0 bridgehead atoms. The number of aromatic nitrogens is 2. The molecule has 0 saturated heterocycles. The zero-order chi connectivity index (χ0) is 27.7. The molecule has 0 spiro atoms. The Balaban J connectivity index is 0.000000169. The summed E-state index contributed by atoms with van der Waals surface area (Å²) < 4.78 is 0. The number of aromatic hydroxyl groups is 1. The molecule has 6 heteroatoms. The smallest absolute Gasteiger partial charge is 0.115 e. The van der Waals surface area contributed by atoms with Crippen LogP contribution in [0.3, 0.4) is 0 Å². The van der Waals surface area contributed by atoms with Gasteiger partial charge in [-0.2, -0.15) is 0 Å². The van der Waals surface area contributed by atoms with Crippen molar-refractivity contribution in [1.29, 1.82) is 0 Å². The van der Waals surface area contributed by atoms with Crippen molar-refractivity contribution in [1.82, 2.24) is 9.97 Å². The molecule has 1 unspecified atom stereocenters. The van der Waals surface area contributed by atoms with Gasteiger partial charge in [-0.05, 0) is 53.7 Å². The van der Waals surface area contributed by atoms with Crippen LogP contribution in [0, 0.1) is 12.1 Å². The molecule has 2 aromatic heterocycles. The third-order valence-corrected chi connectivity index (χ3v) is 5.68. The van der Waals surface area contributed by atoms with E-state index in [1.54, 1.807) is 30.7 Å². The van der Waals surface area contributed by atoms with Crippen LogP contribution < -0.4 is 0 Å². The van der Waals surface area contributed by atoms with Crippen molar-refractivity contribution in [3.63, 3.8) is 0 Å². The summed E-state index contributed by atoms with van der Waals surface area (Å²) in [7, 11) is 0. The second-order valence-corrected chi connectivity index (χ2v) is 8.63. The van der Waals surface area contributed by atoms with Crippen LogP contribution in [0.1, 0.15) is 5.56 Å². The fourth-order valence-electron chi connectivity index (χ4n) is 3.64. The van der Waals surface area contributed by atoms with E-state index in [0.29, 0.717) is 5.75 Å². The van der Waals surface area contributed by atoms with Gasteiger partial charge in [0.2, 0.25) is 0 Å². The number of rotatable bonds is 6. The first kappa shape index (κ1) is 31.0. The number of allylic oxidation sites excluding steroid dienone is 1. The predicted octanol–water partition coefficient (Wildman–Crippen LogP) is 7.11. The number of pyridine rings is 2. The van der Waals surface area contributed by atoms with Crippen LogP contribution in [0.25, 0.3) is 22.5 Å². The summed E-state index contributed by atoms with van der Waals surface area (Å²) in [4.78, 5) is 16.9. The summed E-state index contributed by atoms with van der Waals surface area (Å²) in [5, 5.41) is 9.12. The molecule has 5 nitrogen and oxygen atoms in total. The Labute approximate surface area is 255 Å². The van der Waals surface area contributed by atoms with E-state index in [1.807, 2.05) is 115 Å². The second kappa shape index (κ2) is 18.0. The molecule has 0 fully saturated rings. The van der Waals surface area contributed by atoms with E-state index in [-0.39, 0.29) is 26.1 Å². The number of nitrogens with zero attached hydrogens (tertiary/aromatic N) is 4. The molecule has 3 aromatic carbocycles. The van der Waals surface area contributed by atoms with Gasteiger partial charge < -0.3 is 15.1 Å². The van der Waals surface area contributed by atoms with E-state index in [2.05, 4.69) is 32.1 Å². The van der Waals surface area contributed by atoms with Crippen molar-refractivity contribution in [3.05, 3.63) is 151 Å². The van der Waals surface area contributed by atoms with Crippen molar-refractivity contribution >= 4 is 12.4 Å². The molecule has 1 radical (unpaired) electrons. The maximum atomic E-state index is 9.12. The van der Waals surface area contributed by atoms with Gasteiger partial charge in [0.15, 0.2) is 0 Å². The average molecular weight is 715 g/mol. The topological polar surface area (TPSA) is 70.7 Å². The molecule has 3 heterocycles. The van der Waals surface area contributed by atoms with E-state index < -0.39 is 0 Å². The van der Waals surface area contributed by atoms with Crippen LogP contribution in [0.4, 0.5) is 0 Å². The predicted molar refractivity (Wildman–Crippen MR) is 164 cm³/mol. The number of aliphatic imine (C=N–C) groups is 2. The van der Waals surface area contributed by atoms with Crippen LogP contribution in [0.15, 0.2) is 144 Å². The molecular formula is C35H30IrN4O-2. The largest absolute Gasteiger partial charge is 0.508 e. The molecule has 41 heavy (non-hydrogen) atoms. The minimum Gasteiger partial charge on any atom is -0.508 e. The van der Waals surface area contributed by atoms with Crippen LogP contribution >= 0.6 is 0 Å². The van der Waals surface area contributed by atoms with Crippen LogP contribution in [-0.4, -0.2) is 40.1 Å². The van der Waals surface area contributed by atoms with E-state index in [4.69, 9.17) is 5.11 Å². The molecule has 1 atom stereocenters. The van der Waals surface area contributed by atoms with Gasteiger partial charge in [-0.1, -0.05) is 42.5 Å². The van der Waals surface area contributed by atoms with E-state index in [1.165, 1.54) is 5.56 Å².